The van der Waals surface area contributed by atoms with Gasteiger partial charge in [0, 0.05) is 19.0 Å². The molecule has 7 nitrogen and oxygen atoms in total. The van der Waals surface area contributed by atoms with Gasteiger partial charge in [-0.15, -0.1) is 0 Å². The van der Waals surface area contributed by atoms with Gasteiger partial charge in [-0.25, -0.2) is 9.59 Å². The first-order valence-corrected chi connectivity index (χ1v) is 6.62. The molecule has 0 saturated carbocycles. The number of nitrogens with one attached hydrogen (secondary N) is 1. The number of carbonyl (C=O) groups is 2. The highest BCUT2D eigenvalue weighted by molar-refractivity contribution is 6.33. The van der Waals surface area contributed by atoms with Crippen molar-refractivity contribution in [2.45, 2.75) is 18.6 Å². The van der Waals surface area contributed by atoms with E-state index in [9.17, 15) is 14.7 Å². The third kappa shape index (κ3) is 3.37. The number of hydrogen-bond acceptors (Lipinski definition) is 4. The lowest BCUT2D eigenvalue weighted by Crippen LogP contribution is -2.43. The molecular weight excluding hydrogens is 300 g/mol. The largest absolute Gasteiger partial charge is 0.497 e. The molecule has 0 bridgehead atoms. The number of halogens is 1. The van der Waals surface area contributed by atoms with Crippen molar-refractivity contribution in [3.05, 3.63) is 23.2 Å². The fraction of sp³-hybridized carbons (Fsp3) is 0.385. The van der Waals surface area contributed by atoms with E-state index in [1.165, 1.54) is 13.2 Å². The van der Waals surface area contributed by atoms with Gasteiger partial charge in [0.1, 0.15) is 11.8 Å². The van der Waals surface area contributed by atoms with Crippen LogP contribution in [0.25, 0.3) is 0 Å². The zero-order valence-electron chi connectivity index (χ0n) is 11.2. The molecule has 1 aromatic rings. The molecule has 1 saturated heterocycles. The van der Waals surface area contributed by atoms with Crippen LogP contribution in [0.5, 0.6) is 5.75 Å². The number of methoxy groups -OCH3 is 1. The van der Waals surface area contributed by atoms with E-state index in [1.54, 1.807) is 12.1 Å². The second-order valence-electron chi connectivity index (χ2n) is 4.67. The molecule has 3 N–H and O–H groups in total. The van der Waals surface area contributed by atoms with E-state index in [2.05, 4.69) is 5.32 Å². The smallest absolute Gasteiger partial charge is 0.326 e. The summed E-state index contributed by atoms with van der Waals surface area (Å²) in [5.41, 5.74) is 0.312. The number of rotatable bonds is 3. The van der Waals surface area contributed by atoms with Gasteiger partial charge in [-0.1, -0.05) is 11.6 Å². The minimum Gasteiger partial charge on any atom is -0.497 e. The van der Waals surface area contributed by atoms with Crippen molar-refractivity contribution in [2.24, 2.45) is 0 Å². The van der Waals surface area contributed by atoms with Crippen LogP contribution in [0.3, 0.4) is 0 Å². The summed E-state index contributed by atoms with van der Waals surface area (Å²) in [4.78, 5) is 24.3. The Balaban J connectivity index is 2.16. The number of nitrogens with zero attached hydrogens (tertiary/aromatic N) is 1. The van der Waals surface area contributed by atoms with Crippen molar-refractivity contribution in [1.29, 1.82) is 0 Å². The monoisotopic (exact) mass is 314 g/mol. The number of likely N-dealkylation sites (tertiary alicyclic amines) is 1. The Morgan fingerprint density at radius 2 is 2.19 bits per heavy atom. The summed E-state index contributed by atoms with van der Waals surface area (Å²) in [7, 11) is 1.48. The van der Waals surface area contributed by atoms with Crippen molar-refractivity contribution < 1.29 is 24.5 Å². The molecule has 1 aliphatic rings. The quantitative estimate of drug-likeness (QED) is 0.783. The number of carbonyl (C=O) groups excluding carboxylic acids is 1. The van der Waals surface area contributed by atoms with Gasteiger partial charge in [-0.05, 0) is 12.1 Å². The number of aliphatic hydroxyl groups excluding tert-OH is 1. The van der Waals surface area contributed by atoms with E-state index in [0.29, 0.717) is 16.5 Å². The van der Waals surface area contributed by atoms with Crippen LogP contribution < -0.4 is 10.1 Å². The molecule has 114 valence electrons. The summed E-state index contributed by atoms with van der Waals surface area (Å²) in [6, 6.07) is 3.04. The number of β-amino-alcohol motifs (C(OH)–C–C–N with tert-alkyl or cyclic N) is 1. The predicted octanol–water partition coefficient (Wildman–Crippen LogP) is 1.40. The lowest BCUT2D eigenvalue weighted by molar-refractivity contribution is -0.141. The van der Waals surface area contributed by atoms with E-state index < -0.39 is 24.1 Å². The SMILES string of the molecule is COc1ccc(Cl)c(NC(=O)N2C[C@H](O)C[C@@H]2C(=O)O)c1. The second-order valence-corrected chi connectivity index (χ2v) is 5.08. The van der Waals surface area contributed by atoms with Gasteiger partial charge >= 0.3 is 12.0 Å². The Morgan fingerprint density at radius 3 is 2.81 bits per heavy atom. The summed E-state index contributed by atoms with van der Waals surface area (Å²) < 4.78 is 5.04. The van der Waals surface area contributed by atoms with E-state index in [4.69, 9.17) is 21.4 Å². The molecule has 2 atom stereocenters. The average Bonchev–Trinajstić information content (AvgIpc) is 2.83. The van der Waals surface area contributed by atoms with Crippen molar-refractivity contribution in [2.75, 3.05) is 19.0 Å². The lowest BCUT2D eigenvalue weighted by atomic mass is 10.2. The minimum atomic E-state index is -1.15. The molecule has 1 aromatic carbocycles. The zero-order valence-corrected chi connectivity index (χ0v) is 12.0. The zero-order chi connectivity index (χ0) is 15.6. The summed E-state index contributed by atoms with van der Waals surface area (Å²) in [6.07, 6.45) is -0.841. The molecule has 2 rings (SSSR count). The van der Waals surface area contributed by atoms with Crippen molar-refractivity contribution in [3.8, 4) is 5.75 Å². The maximum absolute atomic E-state index is 12.2. The third-order valence-corrected chi connectivity index (χ3v) is 3.57. The van der Waals surface area contributed by atoms with E-state index in [-0.39, 0.29) is 13.0 Å². The number of anilines is 1. The van der Waals surface area contributed by atoms with Crippen LogP contribution in [-0.2, 0) is 4.79 Å². The van der Waals surface area contributed by atoms with Gasteiger partial charge in [0.05, 0.1) is 23.9 Å². The van der Waals surface area contributed by atoms with E-state index in [1.807, 2.05) is 0 Å². The molecule has 0 unspecified atom stereocenters. The topological polar surface area (TPSA) is 99.1 Å². The molecule has 1 aliphatic heterocycles. The molecule has 2 amide bonds. The molecular formula is C13H15ClN2O5. The summed E-state index contributed by atoms with van der Waals surface area (Å²) >= 11 is 5.98. The summed E-state index contributed by atoms with van der Waals surface area (Å²) in [5.74, 6) is -0.649. The Hall–Kier alpha value is -1.99. The highest BCUT2D eigenvalue weighted by Crippen LogP contribution is 2.28. The Bertz CT molecular complexity index is 565. The maximum atomic E-state index is 12.2. The minimum absolute atomic E-state index is 0.00853. The van der Waals surface area contributed by atoms with Crippen LogP contribution in [0, 0.1) is 0 Å². The van der Waals surface area contributed by atoms with Crippen LogP contribution in [0.2, 0.25) is 5.02 Å². The van der Waals surface area contributed by atoms with Crippen LogP contribution in [-0.4, -0.2) is 52.9 Å². The van der Waals surface area contributed by atoms with Crippen molar-refractivity contribution in [1.82, 2.24) is 4.90 Å². The van der Waals surface area contributed by atoms with Crippen LogP contribution in [0.4, 0.5) is 10.5 Å². The fourth-order valence-electron chi connectivity index (χ4n) is 2.19. The first-order valence-electron chi connectivity index (χ1n) is 6.24. The lowest BCUT2D eigenvalue weighted by Gasteiger charge is -2.22. The number of aliphatic carboxylic acids is 1. The number of carboxylic acid groups (broad SMARTS) is 1. The Morgan fingerprint density at radius 1 is 1.48 bits per heavy atom. The molecule has 0 spiro atoms. The fourth-order valence-corrected chi connectivity index (χ4v) is 2.35. The van der Waals surface area contributed by atoms with Gasteiger partial charge < -0.3 is 25.2 Å². The van der Waals surface area contributed by atoms with Gasteiger partial charge in [-0.2, -0.15) is 0 Å². The van der Waals surface area contributed by atoms with Crippen LogP contribution in [0.15, 0.2) is 18.2 Å². The number of carboxylic acids is 1. The second kappa shape index (κ2) is 6.19. The van der Waals surface area contributed by atoms with E-state index in [0.717, 1.165) is 4.90 Å². The van der Waals surface area contributed by atoms with Gasteiger partial charge in [0.15, 0.2) is 0 Å². The van der Waals surface area contributed by atoms with Gasteiger partial charge in [-0.3, -0.25) is 0 Å². The molecule has 1 fully saturated rings. The van der Waals surface area contributed by atoms with Crippen molar-refractivity contribution in [3.63, 3.8) is 0 Å². The molecule has 0 aliphatic carbocycles. The standard InChI is InChI=1S/C13H15ClN2O5/c1-21-8-2-3-9(14)10(5-8)15-13(20)16-6-7(17)4-11(16)12(18)19/h2-3,5,7,11,17H,4,6H2,1H3,(H,15,20)(H,18,19)/t7-,11-/m1/s1. The Kier molecular flexibility index (Phi) is 4.54. The molecule has 0 aromatic heterocycles. The number of urea groups is 1. The van der Waals surface area contributed by atoms with Gasteiger partial charge in [0.25, 0.3) is 0 Å². The average molecular weight is 315 g/mol. The number of hydrogen-bond donors (Lipinski definition) is 3. The van der Waals surface area contributed by atoms with Crippen LogP contribution in [0.1, 0.15) is 6.42 Å². The number of ether oxygens (including phenoxy) is 1. The van der Waals surface area contributed by atoms with Crippen molar-refractivity contribution >= 4 is 29.3 Å². The number of aliphatic hydroxyl groups is 1. The maximum Gasteiger partial charge on any atom is 0.326 e. The number of benzene rings is 1. The highest BCUT2D eigenvalue weighted by atomic mass is 35.5. The molecule has 8 heteroatoms. The Labute approximate surface area is 126 Å². The first kappa shape index (κ1) is 15.4. The number of amides is 2. The van der Waals surface area contributed by atoms with Crippen LogP contribution >= 0.6 is 11.6 Å². The molecule has 0 radical (unpaired) electrons. The third-order valence-electron chi connectivity index (χ3n) is 3.24. The molecule has 21 heavy (non-hydrogen) atoms. The summed E-state index contributed by atoms with van der Waals surface area (Å²) in [6.45, 7) is -0.0373. The highest BCUT2D eigenvalue weighted by Gasteiger charge is 2.39. The van der Waals surface area contributed by atoms with Gasteiger partial charge in [0.2, 0.25) is 0 Å². The normalized spacial score (nSPS) is 21.2. The van der Waals surface area contributed by atoms with E-state index >= 15 is 0 Å². The predicted molar refractivity (Wildman–Crippen MR) is 75.8 cm³/mol. The first-order chi connectivity index (χ1) is 9.92. The summed E-state index contributed by atoms with van der Waals surface area (Å²) in [5, 5.41) is 21.4. The molecule has 1 heterocycles.